The molecule has 3 nitrogen and oxygen atoms in total. The van der Waals surface area contributed by atoms with Gasteiger partial charge in [-0.3, -0.25) is 4.79 Å². The van der Waals surface area contributed by atoms with Crippen molar-refractivity contribution >= 4 is 11.8 Å². The summed E-state index contributed by atoms with van der Waals surface area (Å²) in [6, 6.07) is 0. The van der Waals surface area contributed by atoms with Crippen molar-refractivity contribution in [1.82, 2.24) is 0 Å². The molecule has 5 rings (SSSR count). The molecule has 1 aliphatic heterocycles. The Morgan fingerprint density at radius 1 is 1.00 bits per heavy atom. The van der Waals surface area contributed by atoms with Crippen LogP contribution in [-0.2, 0) is 14.3 Å². The van der Waals surface area contributed by atoms with Crippen LogP contribution in [0.25, 0.3) is 0 Å². The summed E-state index contributed by atoms with van der Waals surface area (Å²) >= 11 is 0. The highest BCUT2D eigenvalue weighted by molar-refractivity contribution is 5.91. The van der Waals surface area contributed by atoms with E-state index in [0.29, 0.717) is 23.0 Å². The van der Waals surface area contributed by atoms with E-state index in [1.165, 1.54) is 43.3 Å². The molecule has 3 fully saturated rings. The Kier molecular flexibility index (Phi) is 5.07. The van der Waals surface area contributed by atoms with Gasteiger partial charge in [0.15, 0.2) is 5.78 Å². The number of fused-ring (bicyclic) bond motifs is 5. The largest absolute Gasteiger partial charge is 0.458 e. The summed E-state index contributed by atoms with van der Waals surface area (Å²) in [5.41, 5.74) is 4.09. The van der Waals surface area contributed by atoms with Crippen LogP contribution in [0.4, 0.5) is 0 Å². The molecule has 5 aliphatic rings. The lowest BCUT2D eigenvalue weighted by atomic mass is 9.46. The van der Waals surface area contributed by atoms with Crippen LogP contribution in [-0.4, -0.2) is 17.9 Å². The second-order valence-corrected chi connectivity index (χ2v) is 12.1. The standard InChI is InChI=1S/C28H40O3/c1-16-14-25(31-26(30)17(16)2)18(3)22-8-9-23-21-7-6-19-15-20(29)10-12-27(19,4)24(21)11-13-28(22,23)5/h15,18,21-25H,6-14H2,1-5H3/t18-,21-,22+,23-,24-,25?,27-,28+/m0/s1. The first kappa shape index (κ1) is 21.5. The first-order valence-electron chi connectivity index (χ1n) is 12.8. The maximum absolute atomic E-state index is 12.4. The first-order valence-corrected chi connectivity index (χ1v) is 12.8. The lowest BCUT2D eigenvalue weighted by Crippen LogP contribution is -2.51. The molecule has 0 amide bonds. The van der Waals surface area contributed by atoms with E-state index in [4.69, 9.17) is 4.74 Å². The van der Waals surface area contributed by atoms with Gasteiger partial charge in [-0.05, 0) is 105 Å². The van der Waals surface area contributed by atoms with Gasteiger partial charge in [0, 0.05) is 18.4 Å². The van der Waals surface area contributed by atoms with Crippen LogP contribution in [0.3, 0.4) is 0 Å². The summed E-state index contributed by atoms with van der Waals surface area (Å²) in [4.78, 5) is 24.4. The molecular weight excluding hydrogens is 384 g/mol. The van der Waals surface area contributed by atoms with E-state index in [9.17, 15) is 9.59 Å². The Morgan fingerprint density at radius 3 is 2.52 bits per heavy atom. The lowest BCUT2D eigenvalue weighted by Gasteiger charge is -2.58. The van der Waals surface area contributed by atoms with E-state index in [0.717, 1.165) is 49.0 Å². The summed E-state index contributed by atoms with van der Waals surface area (Å²) in [5, 5.41) is 0. The molecule has 0 aromatic carbocycles. The molecule has 3 saturated carbocycles. The Balaban J connectivity index is 1.38. The number of rotatable bonds is 2. The minimum absolute atomic E-state index is 0.0391. The number of ketones is 1. The molecule has 3 heteroatoms. The van der Waals surface area contributed by atoms with Crippen molar-refractivity contribution in [2.75, 3.05) is 0 Å². The van der Waals surface area contributed by atoms with Gasteiger partial charge in [-0.15, -0.1) is 0 Å². The molecule has 1 unspecified atom stereocenters. The van der Waals surface area contributed by atoms with E-state index < -0.39 is 0 Å². The number of allylic oxidation sites excluding steroid dienone is 1. The van der Waals surface area contributed by atoms with Gasteiger partial charge in [0.05, 0.1) is 0 Å². The molecule has 0 saturated heterocycles. The van der Waals surface area contributed by atoms with Crippen molar-refractivity contribution in [3.63, 3.8) is 0 Å². The summed E-state index contributed by atoms with van der Waals surface area (Å²) in [6.07, 6.45) is 12.3. The van der Waals surface area contributed by atoms with Gasteiger partial charge in [-0.1, -0.05) is 31.9 Å². The van der Waals surface area contributed by atoms with Crippen molar-refractivity contribution in [1.29, 1.82) is 0 Å². The molecule has 0 aromatic heterocycles. The maximum Gasteiger partial charge on any atom is 0.333 e. The fourth-order valence-electron chi connectivity index (χ4n) is 8.91. The third-order valence-corrected chi connectivity index (χ3v) is 11.0. The highest BCUT2D eigenvalue weighted by Gasteiger charge is 2.60. The van der Waals surface area contributed by atoms with Crippen molar-refractivity contribution in [3.05, 3.63) is 22.8 Å². The van der Waals surface area contributed by atoms with E-state index in [-0.39, 0.29) is 17.5 Å². The normalized spacial score (nSPS) is 46.0. The molecule has 4 aliphatic carbocycles. The third kappa shape index (κ3) is 3.12. The summed E-state index contributed by atoms with van der Waals surface area (Å²) in [5.74, 6) is 3.63. The van der Waals surface area contributed by atoms with Gasteiger partial charge < -0.3 is 4.74 Å². The van der Waals surface area contributed by atoms with Crippen LogP contribution < -0.4 is 0 Å². The van der Waals surface area contributed by atoms with Crippen molar-refractivity contribution in [3.8, 4) is 0 Å². The Bertz CT molecular complexity index is 865. The second kappa shape index (κ2) is 7.32. The fraction of sp³-hybridized carbons (Fsp3) is 0.786. The molecule has 1 heterocycles. The van der Waals surface area contributed by atoms with E-state index in [2.05, 4.69) is 27.7 Å². The lowest BCUT2D eigenvalue weighted by molar-refractivity contribution is -0.151. The minimum atomic E-state index is -0.102. The Labute approximate surface area is 188 Å². The topological polar surface area (TPSA) is 43.4 Å². The summed E-state index contributed by atoms with van der Waals surface area (Å²) in [7, 11) is 0. The monoisotopic (exact) mass is 424 g/mol. The average molecular weight is 425 g/mol. The highest BCUT2D eigenvalue weighted by Crippen LogP contribution is 2.67. The van der Waals surface area contributed by atoms with E-state index in [1.54, 1.807) is 0 Å². The second-order valence-electron chi connectivity index (χ2n) is 12.1. The molecule has 0 aromatic rings. The molecule has 31 heavy (non-hydrogen) atoms. The molecule has 8 atom stereocenters. The smallest absolute Gasteiger partial charge is 0.333 e. The number of carbonyl (C=O) groups is 2. The number of cyclic esters (lactones) is 1. The number of hydrogen-bond donors (Lipinski definition) is 0. The minimum Gasteiger partial charge on any atom is -0.458 e. The Morgan fingerprint density at radius 2 is 1.77 bits per heavy atom. The number of hydrogen-bond acceptors (Lipinski definition) is 3. The van der Waals surface area contributed by atoms with Gasteiger partial charge in [0.2, 0.25) is 0 Å². The third-order valence-electron chi connectivity index (χ3n) is 11.0. The summed E-state index contributed by atoms with van der Waals surface area (Å²) in [6.45, 7) is 11.4. The van der Waals surface area contributed by atoms with E-state index >= 15 is 0 Å². The first-order chi connectivity index (χ1) is 14.6. The quantitative estimate of drug-likeness (QED) is 0.480. The van der Waals surface area contributed by atoms with Crippen LogP contribution in [0.15, 0.2) is 22.8 Å². The van der Waals surface area contributed by atoms with Gasteiger partial charge in [-0.2, -0.15) is 0 Å². The fourth-order valence-corrected chi connectivity index (χ4v) is 8.91. The Hall–Kier alpha value is -1.38. The van der Waals surface area contributed by atoms with Crippen LogP contribution in [0.2, 0.25) is 0 Å². The zero-order valence-corrected chi connectivity index (χ0v) is 20.1. The predicted octanol–water partition coefficient (Wildman–Crippen LogP) is 6.42. The van der Waals surface area contributed by atoms with Gasteiger partial charge >= 0.3 is 5.97 Å². The van der Waals surface area contributed by atoms with Crippen LogP contribution in [0.1, 0.15) is 92.4 Å². The molecular formula is C28H40O3. The van der Waals surface area contributed by atoms with Gasteiger partial charge in [-0.25, -0.2) is 4.79 Å². The number of esters is 1. The van der Waals surface area contributed by atoms with Crippen molar-refractivity contribution in [2.45, 2.75) is 98.5 Å². The zero-order chi connectivity index (χ0) is 22.1. The summed E-state index contributed by atoms with van der Waals surface area (Å²) < 4.78 is 5.94. The predicted molar refractivity (Wildman–Crippen MR) is 122 cm³/mol. The molecule has 0 radical (unpaired) electrons. The molecule has 0 bridgehead atoms. The van der Waals surface area contributed by atoms with Crippen LogP contribution in [0, 0.1) is 40.4 Å². The zero-order valence-electron chi connectivity index (χ0n) is 20.1. The number of ether oxygens (including phenoxy) is 1. The SMILES string of the molecule is CC1=C(C)C(=O)OC([C@@H](C)[C@H]2CC[C@H]3[C@@H]4CCC5=CC(=O)CC[C@]5(C)[C@H]4CC[C@]23C)C1. The maximum atomic E-state index is 12.4. The molecule has 170 valence electrons. The van der Waals surface area contributed by atoms with Gasteiger partial charge in [0.1, 0.15) is 6.10 Å². The molecule has 0 N–H and O–H groups in total. The van der Waals surface area contributed by atoms with E-state index in [1.807, 2.05) is 13.0 Å². The van der Waals surface area contributed by atoms with Gasteiger partial charge in [0.25, 0.3) is 0 Å². The van der Waals surface area contributed by atoms with Crippen LogP contribution in [0.5, 0.6) is 0 Å². The van der Waals surface area contributed by atoms with Crippen LogP contribution >= 0.6 is 0 Å². The van der Waals surface area contributed by atoms with Crippen molar-refractivity contribution < 1.29 is 14.3 Å². The molecule has 0 spiro atoms. The highest BCUT2D eigenvalue weighted by atomic mass is 16.5. The average Bonchev–Trinajstić information content (AvgIpc) is 3.08. The van der Waals surface area contributed by atoms with Crippen molar-refractivity contribution in [2.24, 2.45) is 40.4 Å². The number of carbonyl (C=O) groups excluding carboxylic acids is 2.